The van der Waals surface area contributed by atoms with Gasteiger partial charge in [0, 0.05) is 11.0 Å². The normalized spacial score (nSPS) is 11.6. The lowest BCUT2D eigenvalue weighted by atomic mass is 10.2. The second-order valence-corrected chi connectivity index (χ2v) is 5.88. The molecule has 2 aromatic carbocycles. The van der Waals surface area contributed by atoms with E-state index in [9.17, 15) is 14.9 Å². The van der Waals surface area contributed by atoms with Gasteiger partial charge in [0.25, 0.3) is 0 Å². The van der Waals surface area contributed by atoms with Gasteiger partial charge < -0.3 is 9.15 Å². The standard InChI is InChI=1S/C16H12N2O5S/c1-22-11-3-5-12(6-4-11)24-15(18(20)21)9-10-2-7-14-13(8-10)17-16(19)23-14/h2-9H,1H3,(H,17,19). The van der Waals surface area contributed by atoms with Crippen molar-refractivity contribution >= 4 is 28.9 Å². The second kappa shape index (κ2) is 6.63. The summed E-state index contributed by atoms with van der Waals surface area (Å²) in [5, 5.41) is 11.3. The zero-order chi connectivity index (χ0) is 17.1. The third-order valence-electron chi connectivity index (χ3n) is 3.19. The summed E-state index contributed by atoms with van der Waals surface area (Å²) in [4.78, 5) is 25.3. The lowest BCUT2D eigenvalue weighted by Gasteiger charge is -2.02. The van der Waals surface area contributed by atoms with Gasteiger partial charge >= 0.3 is 10.8 Å². The summed E-state index contributed by atoms with van der Waals surface area (Å²) in [7, 11) is 1.56. The molecule has 122 valence electrons. The third kappa shape index (κ3) is 3.49. The summed E-state index contributed by atoms with van der Waals surface area (Å²) in [6, 6.07) is 11.8. The van der Waals surface area contributed by atoms with E-state index in [0.717, 1.165) is 16.7 Å². The molecule has 0 amide bonds. The Labute approximate surface area is 140 Å². The lowest BCUT2D eigenvalue weighted by molar-refractivity contribution is -0.408. The Morgan fingerprint density at radius 2 is 2.04 bits per heavy atom. The average Bonchev–Trinajstić information content (AvgIpc) is 2.94. The van der Waals surface area contributed by atoms with Crippen LogP contribution in [0.5, 0.6) is 5.75 Å². The van der Waals surface area contributed by atoms with Crippen molar-refractivity contribution in [2.45, 2.75) is 4.90 Å². The summed E-state index contributed by atoms with van der Waals surface area (Å²) in [6.07, 6.45) is 1.44. The fraction of sp³-hybridized carbons (Fsp3) is 0.0625. The topological polar surface area (TPSA) is 98.4 Å². The van der Waals surface area contributed by atoms with E-state index in [-0.39, 0.29) is 5.03 Å². The molecule has 0 atom stereocenters. The van der Waals surface area contributed by atoms with Crippen LogP contribution in [-0.4, -0.2) is 17.0 Å². The van der Waals surface area contributed by atoms with Crippen LogP contribution in [0.3, 0.4) is 0 Å². The first kappa shape index (κ1) is 15.9. The van der Waals surface area contributed by atoms with E-state index in [0.29, 0.717) is 22.4 Å². The summed E-state index contributed by atoms with van der Waals surface area (Å²) in [6.45, 7) is 0. The minimum Gasteiger partial charge on any atom is -0.497 e. The first-order valence-corrected chi connectivity index (χ1v) is 7.67. The van der Waals surface area contributed by atoms with Crippen molar-refractivity contribution in [3.8, 4) is 5.75 Å². The van der Waals surface area contributed by atoms with Crippen LogP contribution in [0, 0.1) is 10.1 Å². The van der Waals surface area contributed by atoms with Gasteiger partial charge in [0.05, 0.1) is 17.5 Å². The predicted octanol–water partition coefficient (Wildman–Crippen LogP) is 3.50. The molecule has 0 aliphatic heterocycles. The third-order valence-corrected chi connectivity index (χ3v) is 4.18. The molecule has 1 heterocycles. The van der Waals surface area contributed by atoms with E-state index in [2.05, 4.69) is 4.98 Å². The Kier molecular flexibility index (Phi) is 4.39. The Morgan fingerprint density at radius 1 is 1.29 bits per heavy atom. The van der Waals surface area contributed by atoms with Gasteiger partial charge in [-0.05, 0) is 53.7 Å². The number of rotatable bonds is 5. The number of ether oxygens (including phenoxy) is 1. The van der Waals surface area contributed by atoms with Crippen molar-refractivity contribution in [2.75, 3.05) is 7.11 Å². The molecule has 3 aromatic rings. The molecule has 7 nitrogen and oxygen atoms in total. The average molecular weight is 344 g/mol. The molecule has 24 heavy (non-hydrogen) atoms. The van der Waals surface area contributed by atoms with Gasteiger partial charge in [0.15, 0.2) is 5.58 Å². The van der Waals surface area contributed by atoms with Crippen molar-refractivity contribution in [2.24, 2.45) is 0 Å². The number of nitrogens with one attached hydrogen (secondary N) is 1. The highest BCUT2D eigenvalue weighted by atomic mass is 32.2. The number of aromatic nitrogens is 1. The van der Waals surface area contributed by atoms with Gasteiger partial charge in [-0.15, -0.1) is 0 Å². The van der Waals surface area contributed by atoms with E-state index in [4.69, 9.17) is 9.15 Å². The minimum absolute atomic E-state index is 0.0367. The molecule has 0 radical (unpaired) electrons. The SMILES string of the molecule is COc1ccc(SC(=Cc2ccc3oc(=O)[nH]c3c2)[N+](=O)[O-])cc1. The largest absolute Gasteiger partial charge is 0.497 e. The smallest absolute Gasteiger partial charge is 0.417 e. The number of aromatic amines is 1. The van der Waals surface area contributed by atoms with Gasteiger partial charge in [-0.1, -0.05) is 6.07 Å². The highest BCUT2D eigenvalue weighted by molar-refractivity contribution is 8.03. The molecule has 1 aromatic heterocycles. The summed E-state index contributed by atoms with van der Waals surface area (Å²) < 4.78 is 9.97. The van der Waals surface area contributed by atoms with E-state index in [1.54, 1.807) is 49.6 Å². The minimum atomic E-state index is -0.562. The van der Waals surface area contributed by atoms with Crippen molar-refractivity contribution in [3.05, 3.63) is 73.7 Å². The fourth-order valence-electron chi connectivity index (χ4n) is 2.09. The van der Waals surface area contributed by atoms with Gasteiger partial charge in [0.1, 0.15) is 5.75 Å². The number of fused-ring (bicyclic) bond motifs is 1. The first-order valence-electron chi connectivity index (χ1n) is 6.86. The Balaban J connectivity index is 1.91. The summed E-state index contributed by atoms with van der Waals surface area (Å²) in [5.74, 6) is 0.119. The number of hydrogen-bond acceptors (Lipinski definition) is 6. The highest BCUT2D eigenvalue weighted by Gasteiger charge is 2.14. The van der Waals surface area contributed by atoms with Crippen LogP contribution >= 0.6 is 11.8 Å². The van der Waals surface area contributed by atoms with Gasteiger partial charge in [-0.3, -0.25) is 15.1 Å². The van der Waals surface area contributed by atoms with Crippen molar-refractivity contribution < 1.29 is 14.1 Å². The van der Waals surface area contributed by atoms with Crippen LogP contribution in [0.4, 0.5) is 0 Å². The fourth-order valence-corrected chi connectivity index (χ4v) is 2.87. The lowest BCUT2D eigenvalue weighted by Crippen LogP contribution is -1.95. The molecular formula is C16H12N2O5S. The Morgan fingerprint density at radius 3 is 2.71 bits per heavy atom. The number of H-pyrrole nitrogens is 1. The maximum absolute atomic E-state index is 11.3. The summed E-state index contributed by atoms with van der Waals surface area (Å²) in [5.41, 5.74) is 1.49. The molecule has 0 unspecified atom stereocenters. The molecule has 8 heteroatoms. The van der Waals surface area contributed by atoms with Crippen LogP contribution < -0.4 is 10.5 Å². The van der Waals surface area contributed by atoms with Gasteiger partial charge in [0.2, 0.25) is 0 Å². The molecule has 0 aliphatic carbocycles. The number of nitro groups is 1. The van der Waals surface area contributed by atoms with Gasteiger partial charge in [-0.25, -0.2) is 4.79 Å². The van der Waals surface area contributed by atoms with Crippen molar-refractivity contribution in [1.29, 1.82) is 0 Å². The number of methoxy groups -OCH3 is 1. The molecule has 0 saturated heterocycles. The van der Waals surface area contributed by atoms with Gasteiger partial charge in [-0.2, -0.15) is 0 Å². The zero-order valence-corrected chi connectivity index (χ0v) is 13.3. The Hall–Kier alpha value is -3.00. The van der Waals surface area contributed by atoms with Crippen LogP contribution in [0.2, 0.25) is 0 Å². The van der Waals surface area contributed by atoms with Crippen LogP contribution in [0.1, 0.15) is 5.56 Å². The number of oxazole rings is 1. The number of thioether (sulfide) groups is 1. The van der Waals surface area contributed by atoms with E-state index in [1.807, 2.05) is 0 Å². The molecule has 0 bridgehead atoms. The molecule has 3 rings (SSSR count). The van der Waals surface area contributed by atoms with Crippen molar-refractivity contribution in [1.82, 2.24) is 4.98 Å². The summed E-state index contributed by atoms with van der Waals surface area (Å²) >= 11 is 1.03. The second-order valence-electron chi connectivity index (χ2n) is 4.79. The quantitative estimate of drug-likeness (QED) is 0.432. The molecule has 0 spiro atoms. The predicted molar refractivity (Wildman–Crippen MR) is 90.7 cm³/mol. The van der Waals surface area contributed by atoms with Crippen molar-refractivity contribution in [3.63, 3.8) is 0 Å². The molecule has 0 saturated carbocycles. The number of nitrogens with zero attached hydrogens (tertiary/aromatic N) is 1. The zero-order valence-electron chi connectivity index (χ0n) is 12.5. The maximum Gasteiger partial charge on any atom is 0.417 e. The first-order chi connectivity index (χ1) is 11.5. The van der Waals surface area contributed by atoms with Crippen LogP contribution in [-0.2, 0) is 0 Å². The van der Waals surface area contributed by atoms with E-state index in [1.165, 1.54) is 6.08 Å². The highest BCUT2D eigenvalue weighted by Crippen LogP contribution is 2.30. The molecule has 1 N–H and O–H groups in total. The number of hydrogen-bond donors (Lipinski definition) is 1. The molecule has 0 aliphatic rings. The van der Waals surface area contributed by atoms with E-state index >= 15 is 0 Å². The maximum atomic E-state index is 11.3. The Bertz CT molecular complexity index is 972. The number of benzene rings is 2. The molecule has 0 fully saturated rings. The van der Waals surface area contributed by atoms with Crippen LogP contribution in [0.15, 0.2) is 61.6 Å². The van der Waals surface area contributed by atoms with Crippen LogP contribution in [0.25, 0.3) is 17.2 Å². The molecular weight excluding hydrogens is 332 g/mol. The monoisotopic (exact) mass is 344 g/mol. The van der Waals surface area contributed by atoms with E-state index < -0.39 is 10.7 Å².